The van der Waals surface area contributed by atoms with E-state index in [1.807, 2.05) is 0 Å². The van der Waals surface area contributed by atoms with Gasteiger partial charge in [-0.05, 0) is 36.2 Å². The second-order valence-corrected chi connectivity index (χ2v) is 6.60. The van der Waals surface area contributed by atoms with Gasteiger partial charge in [0.2, 0.25) is 0 Å². The number of aliphatic hydroxyl groups excluding tert-OH is 1. The molecule has 2 aromatic carbocycles. The number of oxime groups is 1. The third-order valence-corrected chi connectivity index (χ3v) is 4.92. The van der Waals surface area contributed by atoms with Crippen molar-refractivity contribution in [3.8, 4) is 17.2 Å². The number of hydrogen-bond donors (Lipinski definition) is 1. The van der Waals surface area contributed by atoms with Crippen LogP contribution in [0.1, 0.15) is 27.9 Å². The molecule has 1 aliphatic heterocycles. The molecule has 1 heterocycles. The number of carbonyl (C=O) groups excluding carboxylic acids is 1. The van der Waals surface area contributed by atoms with Gasteiger partial charge in [-0.15, -0.1) is 0 Å². The number of nitriles is 1. The van der Waals surface area contributed by atoms with E-state index in [-0.39, 0.29) is 24.6 Å². The second-order valence-electron chi connectivity index (χ2n) is 6.60. The van der Waals surface area contributed by atoms with Gasteiger partial charge in [0.15, 0.2) is 0 Å². The van der Waals surface area contributed by atoms with Gasteiger partial charge in [-0.25, -0.2) is 4.39 Å². The maximum Gasteiger partial charge on any atom is 0.254 e. The molecule has 2 aromatic rings. The number of amides is 1. The van der Waals surface area contributed by atoms with E-state index in [0.29, 0.717) is 34.4 Å². The summed E-state index contributed by atoms with van der Waals surface area (Å²) in [6, 6.07) is 11.1. The van der Waals surface area contributed by atoms with Crippen molar-refractivity contribution in [2.45, 2.75) is 19.4 Å². The molecule has 0 aliphatic carbocycles. The summed E-state index contributed by atoms with van der Waals surface area (Å²) in [6.07, 6.45) is 0.413. The Morgan fingerprint density at radius 1 is 1.39 bits per heavy atom. The third kappa shape index (κ3) is 3.59. The maximum absolute atomic E-state index is 14.8. The molecular weight excluding hydrogens is 361 g/mol. The van der Waals surface area contributed by atoms with Gasteiger partial charge in [0.25, 0.3) is 5.91 Å². The van der Waals surface area contributed by atoms with E-state index in [1.165, 1.54) is 18.1 Å². The first kappa shape index (κ1) is 19.5. The molecule has 0 aromatic heterocycles. The number of halogens is 1. The lowest BCUT2D eigenvalue weighted by Gasteiger charge is -2.22. The molecular formula is C21H20FN3O3. The standard InChI is InChI=1S/C21H20FN3O3/c1-13-15(10-23)4-3-5-18(13)19-7-6-14(8-20(19)22)21(27)25-11-16(24-28-2)9-17(25)12-26/h3-8,17,26H,9,11-12H2,1-2H3/b24-16+/t17-/m0/s1. The maximum atomic E-state index is 14.8. The Bertz CT molecular complexity index is 981. The van der Waals surface area contributed by atoms with Crippen LogP contribution in [-0.2, 0) is 4.84 Å². The average Bonchev–Trinajstić information content (AvgIpc) is 3.11. The van der Waals surface area contributed by atoms with E-state index in [0.717, 1.165) is 0 Å². The van der Waals surface area contributed by atoms with Gasteiger partial charge in [0.1, 0.15) is 12.9 Å². The summed E-state index contributed by atoms with van der Waals surface area (Å²) in [6.45, 7) is 1.78. The number of carbonyl (C=O) groups is 1. The van der Waals surface area contributed by atoms with E-state index in [1.54, 1.807) is 37.3 Å². The number of benzene rings is 2. The number of hydrogen-bond acceptors (Lipinski definition) is 5. The zero-order chi connectivity index (χ0) is 20.3. The molecule has 3 rings (SSSR count). The highest BCUT2D eigenvalue weighted by Crippen LogP contribution is 2.29. The fourth-order valence-corrected chi connectivity index (χ4v) is 3.45. The van der Waals surface area contributed by atoms with Gasteiger partial charge in [0.05, 0.1) is 36.5 Å². The first-order chi connectivity index (χ1) is 13.5. The van der Waals surface area contributed by atoms with Gasteiger partial charge in [-0.2, -0.15) is 5.26 Å². The van der Waals surface area contributed by atoms with Crippen molar-refractivity contribution in [3.05, 3.63) is 58.9 Å². The first-order valence-electron chi connectivity index (χ1n) is 8.80. The molecule has 1 amide bonds. The highest BCUT2D eigenvalue weighted by atomic mass is 19.1. The predicted molar refractivity (Wildman–Crippen MR) is 102 cm³/mol. The molecule has 0 radical (unpaired) electrons. The summed E-state index contributed by atoms with van der Waals surface area (Å²) in [7, 11) is 1.42. The van der Waals surface area contributed by atoms with Gasteiger partial charge in [-0.3, -0.25) is 4.79 Å². The predicted octanol–water partition coefficient (Wildman–Crippen LogP) is 2.88. The van der Waals surface area contributed by atoms with E-state index in [9.17, 15) is 19.6 Å². The van der Waals surface area contributed by atoms with Crippen LogP contribution in [0.25, 0.3) is 11.1 Å². The minimum absolute atomic E-state index is 0.187. The van der Waals surface area contributed by atoms with Crippen molar-refractivity contribution >= 4 is 11.6 Å². The molecule has 1 fully saturated rings. The van der Waals surface area contributed by atoms with Gasteiger partial charge >= 0.3 is 0 Å². The molecule has 1 atom stereocenters. The number of nitrogens with zero attached hydrogens (tertiary/aromatic N) is 3. The van der Waals surface area contributed by atoms with Gasteiger partial charge < -0.3 is 14.8 Å². The second kappa shape index (κ2) is 8.19. The number of rotatable bonds is 4. The smallest absolute Gasteiger partial charge is 0.254 e. The number of aliphatic hydroxyl groups is 1. The van der Waals surface area contributed by atoms with Crippen LogP contribution in [-0.4, -0.2) is 47.9 Å². The Kier molecular flexibility index (Phi) is 5.71. The molecule has 0 spiro atoms. The molecule has 0 unspecified atom stereocenters. The van der Waals surface area contributed by atoms with E-state index in [2.05, 4.69) is 11.2 Å². The van der Waals surface area contributed by atoms with Crippen LogP contribution in [0.3, 0.4) is 0 Å². The first-order valence-corrected chi connectivity index (χ1v) is 8.80. The molecule has 144 valence electrons. The van der Waals surface area contributed by atoms with Crippen LogP contribution >= 0.6 is 0 Å². The van der Waals surface area contributed by atoms with Crippen molar-refractivity contribution in [2.24, 2.45) is 5.16 Å². The molecule has 0 bridgehead atoms. The third-order valence-electron chi connectivity index (χ3n) is 4.92. The van der Waals surface area contributed by atoms with Crippen molar-refractivity contribution in [1.82, 2.24) is 4.90 Å². The molecule has 6 nitrogen and oxygen atoms in total. The lowest BCUT2D eigenvalue weighted by molar-refractivity contribution is 0.0679. The highest BCUT2D eigenvalue weighted by molar-refractivity contribution is 6.00. The molecule has 1 aliphatic rings. The SMILES string of the molecule is CO/N=C1\C[C@@H](CO)N(C(=O)c2ccc(-c3cccc(C#N)c3C)c(F)c2)C1. The average molecular weight is 381 g/mol. The van der Waals surface area contributed by atoms with Crippen LogP contribution in [0.15, 0.2) is 41.6 Å². The Morgan fingerprint density at radius 3 is 2.82 bits per heavy atom. The van der Waals surface area contributed by atoms with Gasteiger partial charge in [-0.1, -0.05) is 23.4 Å². The van der Waals surface area contributed by atoms with Crippen LogP contribution in [0, 0.1) is 24.1 Å². The summed E-state index contributed by atoms with van der Waals surface area (Å²) in [5, 5.41) is 22.6. The zero-order valence-electron chi connectivity index (χ0n) is 15.6. The van der Waals surface area contributed by atoms with Crippen LogP contribution in [0.4, 0.5) is 4.39 Å². The highest BCUT2D eigenvalue weighted by Gasteiger charge is 2.33. The minimum atomic E-state index is -0.547. The van der Waals surface area contributed by atoms with Crippen molar-refractivity contribution in [2.75, 3.05) is 20.3 Å². The summed E-state index contributed by atoms with van der Waals surface area (Å²) in [5.74, 6) is -0.928. The Labute approximate surface area is 162 Å². The Balaban J connectivity index is 1.92. The monoisotopic (exact) mass is 381 g/mol. The molecule has 1 saturated heterocycles. The Morgan fingerprint density at radius 2 is 2.18 bits per heavy atom. The normalized spacial score (nSPS) is 17.6. The molecule has 1 N–H and O–H groups in total. The minimum Gasteiger partial charge on any atom is -0.399 e. The summed E-state index contributed by atoms with van der Waals surface area (Å²) in [4.78, 5) is 19.1. The molecule has 28 heavy (non-hydrogen) atoms. The van der Waals surface area contributed by atoms with Crippen LogP contribution in [0.2, 0.25) is 0 Å². The van der Waals surface area contributed by atoms with Gasteiger partial charge in [0, 0.05) is 17.5 Å². The molecule has 0 saturated carbocycles. The van der Waals surface area contributed by atoms with Crippen LogP contribution in [0.5, 0.6) is 0 Å². The number of likely N-dealkylation sites (tertiary alicyclic amines) is 1. The van der Waals surface area contributed by atoms with E-state index >= 15 is 0 Å². The Hall–Kier alpha value is -3.24. The van der Waals surface area contributed by atoms with E-state index in [4.69, 9.17) is 4.84 Å². The summed E-state index contributed by atoms with van der Waals surface area (Å²) < 4.78 is 14.8. The lowest BCUT2D eigenvalue weighted by atomic mass is 9.95. The fraction of sp³-hybridized carbons (Fsp3) is 0.286. The van der Waals surface area contributed by atoms with Crippen LogP contribution < -0.4 is 0 Å². The largest absolute Gasteiger partial charge is 0.399 e. The fourth-order valence-electron chi connectivity index (χ4n) is 3.45. The quantitative estimate of drug-likeness (QED) is 0.825. The van der Waals surface area contributed by atoms with Crippen molar-refractivity contribution in [3.63, 3.8) is 0 Å². The summed E-state index contributed by atoms with van der Waals surface area (Å²) in [5.41, 5.74) is 2.93. The summed E-state index contributed by atoms with van der Waals surface area (Å²) >= 11 is 0. The van der Waals surface area contributed by atoms with Crippen molar-refractivity contribution in [1.29, 1.82) is 5.26 Å². The van der Waals surface area contributed by atoms with E-state index < -0.39 is 11.9 Å². The van der Waals surface area contributed by atoms with Crippen molar-refractivity contribution < 1.29 is 19.1 Å². The lowest BCUT2D eigenvalue weighted by Crippen LogP contribution is -2.37. The zero-order valence-corrected chi connectivity index (χ0v) is 15.6. The molecule has 7 heteroatoms. The topological polar surface area (TPSA) is 85.9 Å².